The Hall–Kier alpha value is -1.43. The molecule has 0 heterocycles. The molecule has 0 fully saturated rings. The number of nitrogens with one attached hydrogen (secondary N) is 1. The Morgan fingerprint density at radius 3 is 2.38 bits per heavy atom. The van der Waals surface area contributed by atoms with E-state index >= 15 is 0 Å². The smallest absolute Gasteiger partial charge is 0.397 e. The van der Waals surface area contributed by atoms with Crippen molar-refractivity contribution in [3.63, 3.8) is 0 Å². The predicted molar refractivity (Wildman–Crippen MR) is 41.3 cm³/mol. The third kappa shape index (κ3) is 2.03. The summed E-state index contributed by atoms with van der Waals surface area (Å²) in [7, 11) is 0. The van der Waals surface area contributed by atoms with Crippen molar-refractivity contribution in [3.8, 4) is 0 Å². The summed E-state index contributed by atoms with van der Waals surface area (Å²) in [6, 6.07) is 2.65. The fraction of sp³-hybridized carbons (Fsp3) is 0.143. The van der Waals surface area contributed by atoms with Crippen LogP contribution in [0.5, 0.6) is 0 Å². The van der Waals surface area contributed by atoms with E-state index < -0.39 is 11.7 Å². The summed E-state index contributed by atoms with van der Waals surface area (Å²) in [6.45, 7) is 0. The summed E-state index contributed by atoms with van der Waals surface area (Å²) in [6.07, 6.45) is -4.43. The van der Waals surface area contributed by atoms with E-state index in [4.69, 9.17) is 10.9 Å². The summed E-state index contributed by atoms with van der Waals surface area (Å²) in [4.78, 5) is 0. The summed E-state index contributed by atoms with van der Waals surface area (Å²) in [5.74, 6) is 0. The lowest BCUT2D eigenvalue weighted by molar-refractivity contribution is -0.137. The Morgan fingerprint density at radius 1 is 1.31 bits per heavy atom. The SMILES string of the molecule is Nc1ccc(C(F)(F)F)cc1NO. The lowest BCUT2D eigenvalue weighted by atomic mass is 10.2. The van der Waals surface area contributed by atoms with Gasteiger partial charge in [0.1, 0.15) is 0 Å². The summed E-state index contributed by atoms with van der Waals surface area (Å²) in [5.41, 5.74) is 5.87. The largest absolute Gasteiger partial charge is 0.416 e. The van der Waals surface area contributed by atoms with Crippen LogP contribution >= 0.6 is 0 Å². The maximum Gasteiger partial charge on any atom is 0.416 e. The van der Waals surface area contributed by atoms with Crippen molar-refractivity contribution < 1.29 is 18.4 Å². The molecule has 6 heteroatoms. The average Bonchev–Trinajstić information content (AvgIpc) is 2.03. The Labute approximate surface area is 71.9 Å². The molecule has 0 radical (unpaired) electrons. The van der Waals surface area contributed by atoms with Gasteiger partial charge in [-0.05, 0) is 18.2 Å². The molecule has 0 saturated heterocycles. The van der Waals surface area contributed by atoms with E-state index in [-0.39, 0.29) is 11.4 Å². The van der Waals surface area contributed by atoms with Crippen LogP contribution in [0, 0.1) is 0 Å². The molecule has 0 aromatic heterocycles. The fourth-order valence-electron chi connectivity index (χ4n) is 0.829. The van der Waals surface area contributed by atoms with Crippen LogP contribution in [0.15, 0.2) is 18.2 Å². The second-order valence-corrected chi connectivity index (χ2v) is 2.41. The van der Waals surface area contributed by atoms with Crippen LogP contribution < -0.4 is 11.2 Å². The van der Waals surface area contributed by atoms with Gasteiger partial charge in [-0.15, -0.1) is 0 Å². The first kappa shape index (κ1) is 9.66. The number of hydrogen-bond acceptors (Lipinski definition) is 3. The number of rotatable bonds is 1. The lowest BCUT2D eigenvalue weighted by Gasteiger charge is -2.09. The number of hydrogen-bond donors (Lipinski definition) is 3. The molecule has 0 aliphatic carbocycles. The molecule has 72 valence electrons. The molecule has 0 amide bonds. The number of halogens is 3. The van der Waals surface area contributed by atoms with E-state index in [1.165, 1.54) is 0 Å². The molecule has 0 unspecified atom stereocenters. The van der Waals surface area contributed by atoms with Crippen molar-refractivity contribution in [1.82, 2.24) is 0 Å². The molecule has 0 aliphatic heterocycles. The zero-order valence-corrected chi connectivity index (χ0v) is 6.39. The first-order chi connectivity index (χ1) is 5.95. The van der Waals surface area contributed by atoms with Crippen molar-refractivity contribution in [2.75, 3.05) is 11.2 Å². The van der Waals surface area contributed by atoms with Crippen LogP contribution in [0.1, 0.15) is 5.56 Å². The van der Waals surface area contributed by atoms with E-state index in [2.05, 4.69) is 0 Å². The molecule has 1 aromatic rings. The van der Waals surface area contributed by atoms with Gasteiger partial charge in [0.2, 0.25) is 0 Å². The van der Waals surface area contributed by atoms with Gasteiger partial charge in [0.25, 0.3) is 0 Å². The van der Waals surface area contributed by atoms with E-state index in [0.29, 0.717) is 0 Å². The Bertz CT molecular complexity index is 311. The van der Waals surface area contributed by atoms with Crippen LogP contribution in [0.25, 0.3) is 0 Å². The highest BCUT2D eigenvalue weighted by molar-refractivity contribution is 5.66. The monoisotopic (exact) mass is 192 g/mol. The third-order valence-corrected chi connectivity index (χ3v) is 1.50. The fourth-order valence-corrected chi connectivity index (χ4v) is 0.829. The van der Waals surface area contributed by atoms with Crippen LogP contribution in [0.3, 0.4) is 0 Å². The number of nitrogens with two attached hydrogens (primary N) is 1. The van der Waals surface area contributed by atoms with Gasteiger partial charge in [-0.2, -0.15) is 13.2 Å². The molecule has 0 atom stereocenters. The van der Waals surface area contributed by atoms with Gasteiger partial charge < -0.3 is 5.73 Å². The predicted octanol–water partition coefficient (Wildman–Crippen LogP) is 2.09. The quantitative estimate of drug-likeness (QED) is 0.471. The Balaban J connectivity index is 3.14. The number of anilines is 2. The highest BCUT2D eigenvalue weighted by Crippen LogP contribution is 2.32. The average molecular weight is 192 g/mol. The minimum absolute atomic E-state index is 0.0514. The summed E-state index contributed by atoms with van der Waals surface area (Å²) < 4.78 is 36.3. The van der Waals surface area contributed by atoms with Gasteiger partial charge in [0.15, 0.2) is 0 Å². The molecule has 0 aliphatic rings. The molecule has 3 nitrogen and oxygen atoms in total. The van der Waals surface area contributed by atoms with Gasteiger partial charge in [-0.3, -0.25) is 10.7 Å². The molecule has 1 rings (SSSR count). The van der Waals surface area contributed by atoms with Crippen LogP contribution in [-0.2, 0) is 6.18 Å². The van der Waals surface area contributed by atoms with Gasteiger partial charge in [-0.25, -0.2) is 0 Å². The van der Waals surface area contributed by atoms with E-state index in [1.54, 1.807) is 5.48 Å². The summed E-state index contributed by atoms with van der Waals surface area (Å²) in [5, 5.41) is 8.41. The van der Waals surface area contributed by atoms with Gasteiger partial charge in [-0.1, -0.05) is 0 Å². The standard InChI is InChI=1S/C7H7F3N2O/c8-7(9,10)4-1-2-5(11)6(3-4)12-13/h1-3,12-13H,11H2. The van der Waals surface area contributed by atoms with Crippen LogP contribution in [0.2, 0.25) is 0 Å². The number of alkyl halides is 3. The van der Waals surface area contributed by atoms with Crippen molar-refractivity contribution >= 4 is 11.4 Å². The van der Waals surface area contributed by atoms with Crippen molar-refractivity contribution in [1.29, 1.82) is 0 Å². The van der Waals surface area contributed by atoms with Crippen molar-refractivity contribution in [2.24, 2.45) is 0 Å². The minimum atomic E-state index is -4.43. The molecular weight excluding hydrogens is 185 g/mol. The zero-order chi connectivity index (χ0) is 10.1. The zero-order valence-electron chi connectivity index (χ0n) is 6.39. The molecule has 0 spiro atoms. The van der Waals surface area contributed by atoms with Gasteiger partial charge in [0.05, 0.1) is 16.9 Å². The van der Waals surface area contributed by atoms with E-state index in [0.717, 1.165) is 18.2 Å². The molecule has 0 saturated carbocycles. The third-order valence-electron chi connectivity index (χ3n) is 1.50. The van der Waals surface area contributed by atoms with Crippen LogP contribution in [0.4, 0.5) is 24.5 Å². The number of benzene rings is 1. The Kier molecular flexibility index (Phi) is 2.33. The first-order valence-corrected chi connectivity index (χ1v) is 3.32. The minimum Gasteiger partial charge on any atom is -0.397 e. The van der Waals surface area contributed by atoms with Gasteiger partial charge in [0, 0.05) is 0 Å². The van der Waals surface area contributed by atoms with Crippen molar-refractivity contribution in [2.45, 2.75) is 6.18 Å². The Morgan fingerprint density at radius 2 is 1.92 bits per heavy atom. The number of nitrogen functional groups attached to an aromatic ring is 1. The highest BCUT2D eigenvalue weighted by atomic mass is 19.4. The lowest BCUT2D eigenvalue weighted by Crippen LogP contribution is -2.06. The van der Waals surface area contributed by atoms with Gasteiger partial charge >= 0.3 is 6.18 Å². The van der Waals surface area contributed by atoms with Crippen molar-refractivity contribution in [3.05, 3.63) is 23.8 Å². The summed E-state index contributed by atoms with van der Waals surface area (Å²) >= 11 is 0. The maximum atomic E-state index is 12.1. The molecule has 13 heavy (non-hydrogen) atoms. The topological polar surface area (TPSA) is 58.3 Å². The molecule has 0 bridgehead atoms. The molecular formula is C7H7F3N2O. The molecule has 4 N–H and O–H groups in total. The van der Waals surface area contributed by atoms with E-state index in [1.807, 2.05) is 0 Å². The normalized spacial score (nSPS) is 11.4. The second-order valence-electron chi connectivity index (χ2n) is 2.41. The second kappa shape index (κ2) is 3.14. The highest BCUT2D eigenvalue weighted by Gasteiger charge is 2.30. The maximum absolute atomic E-state index is 12.1. The molecule has 1 aromatic carbocycles. The van der Waals surface area contributed by atoms with E-state index in [9.17, 15) is 13.2 Å². The van der Waals surface area contributed by atoms with Crippen LogP contribution in [-0.4, -0.2) is 5.21 Å². The first-order valence-electron chi connectivity index (χ1n) is 3.32.